The highest BCUT2D eigenvalue weighted by Gasteiger charge is 2.17. The Labute approximate surface area is 123 Å². The molecule has 0 bridgehead atoms. The van der Waals surface area contributed by atoms with Gasteiger partial charge in [-0.3, -0.25) is 4.79 Å². The molecule has 0 saturated carbocycles. The predicted molar refractivity (Wildman–Crippen MR) is 79.8 cm³/mol. The van der Waals surface area contributed by atoms with Gasteiger partial charge in [0.25, 0.3) is 5.91 Å². The summed E-state index contributed by atoms with van der Waals surface area (Å²) in [5.74, 6) is 1.24. The average molecular weight is 296 g/mol. The number of hydrogen-bond acceptors (Lipinski definition) is 3. The summed E-state index contributed by atoms with van der Waals surface area (Å²) >= 11 is 5.56. The predicted octanol–water partition coefficient (Wildman–Crippen LogP) is 1.92. The number of hydrogen-bond donors (Lipinski definition) is 1. The topological polar surface area (TPSA) is 67.9 Å². The number of alkyl halides is 1. The number of nitrogens with zero attached hydrogens (tertiary/aromatic N) is 2. The maximum Gasteiger partial charge on any atom is 0.260 e. The van der Waals surface area contributed by atoms with Crippen LogP contribution in [0.15, 0.2) is 29.3 Å². The number of ether oxygens (including phenoxy) is 1. The third-order valence-corrected chi connectivity index (χ3v) is 3.34. The van der Waals surface area contributed by atoms with Crippen molar-refractivity contribution in [2.75, 3.05) is 25.6 Å². The Kier molecular flexibility index (Phi) is 5.24. The second-order valence-corrected chi connectivity index (χ2v) is 4.87. The summed E-state index contributed by atoms with van der Waals surface area (Å²) in [6.45, 7) is 1.76. The number of amides is 1. The fourth-order valence-corrected chi connectivity index (χ4v) is 2.08. The van der Waals surface area contributed by atoms with Crippen LogP contribution in [0.1, 0.15) is 12.8 Å². The van der Waals surface area contributed by atoms with Gasteiger partial charge in [0.05, 0.1) is 11.6 Å². The first-order valence-electron chi connectivity index (χ1n) is 6.58. The van der Waals surface area contributed by atoms with E-state index < -0.39 is 0 Å². The van der Waals surface area contributed by atoms with Crippen LogP contribution in [0.2, 0.25) is 0 Å². The highest BCUT2D eigenvalue weighted by Crippen LogP contribution is 2.18. The summed E-state index contributed by atoms with van der Waals surface area (Å²) in [6.07, 6.45) is 2.17. The molecule has 0 aromatic heterocycles. The van der Waals surface area contributed by atoms with Crippen molar-refractivity contribution in [3.05, 3.63) is 24.3 Å². The van der Waals surface area contributed by atoms with Gasteiger partial charge in [-0.25, -0.2) is 4.99 Å². The number of amidine groups is 1. The van der Waals surface area contributed by atoms with Gasteiger partial charge < -0.3 is 15.4 Å². The van der Waals surface area contributed by atoms with Crippen LogP contribution < -0.4 is 10.5 Å². The monoisotopic (exact) mass is 295 g/mol. The lowest BCUT2D eigenvalue weighted by molar-refractivity contribution is -0.132. The Balaban J connectivity index is 1.86. The van der Waals surface area contributed by atoms with E-state index in [1.807, 2.05) is 4.90 Å². The van der Waals surface area contributed by atoms with Crippen LogP contribution in [0.25, 0.3) is 0 Å². The van der Waals surface area contributed by atoms with Crippen molar-refractivity contribution >= 4 is 29.0 Å². The highest BCUT2D eigenvalue weighted by molar-refractivity contribution is 6.28. The third kappa shape index (κ3) is 4.13. The molecule has 6 heteroatoms. The molecule has 0 unspecified atom stereocenters. The average Bonchev–Trinajstić information content (AvgIpc) is 3.00. The Hall–Kier alpha value is -1.75. The number of nitrogens with two attached hydrogens (primary N) is 1. The lowest BCUT2D eigenvalue weighted by Gasteiger charge is -2.15. The molecule has 1 aliphatic rings. The summed E-state index contributed by atoms with van der Waals surface area (Å²) in [4.78, 5) is 17.8. The molecule has 2 rings (SSSR count). The molecule has 1 aromatic carbocycles. The number of carbonyl (C=O) groups excluding carboxylic acids is 1. The SMILES string of the molecule is NC(CCl)=Nc1ccc(OCC(=O)N2CCCC2)cc1. The molecular weight excluding hydrogens is 278 g/mol. The summed E-state index contributed by atoms with van der Waals surface area (Å²) < 4.78 is 5.47. The van der Waals surface area contributed by atoms with Crippen LogP contribution in [-0.4, -0.2) is 42.2 Å². The van der Waals surface area contributed by atoms with Crippen LogP contribution in [-0.2, 0) is 4.79 Å². The molecule has 0 radical (unpaired) electrons. The Bertz CT molecular complexity index is 482. The van der Waals surface area contributed by atoms with Gasteiger partial charge >= 0.3 is 0 Å². The number of halogens is 1. The van der Waals surface area contributed by atoms with Gasteiger partial charge in [0, 0.05) is 13.1 Å². The molecule has 1 saturated heterocycles. The van der Waals surface area contributed by atoms with Gasteiger partial charge in [-0.1, -0.05) is 0 Å². The Morgan fingerprint density at radius 3 is 2.55 bits per heavy atom. The second-order valence-electron chi connectivity index (χ2n) is 4.61. The molecular formula is C14H18ClN3O2. The summed E-state index contributed by atoms with van der Waals surface area (Å²) in [7, 11) is 0. The van der Waals surface area contributed by atoms with Crippen molar-refractivity contribution in [2.45, 2.75) is 12.8 Å². The third-order valence-electron chi connectivity index (χ3n) is 3.07. The van der Waals surface area contributed by atoms with E-state index in [2.05, 4.69) is 4.99 Å². The van der Waals surface area contributed by atoms with Crippen molar-refractivity contribution in [1.29, 1.82) is 0 Å². The van der Waals surface area contributed by atoms with Gasteiger partial charge in [-0.05, 0) is 37.1 Å². The number of benzene rings is 1. The molecule has 2 N–H and O–H groups in total. The zero-order valence-corrected chi connectivity index (χ0v) is 12.0. The molecule has 5 nitrogen and oxygen atoms in total. The summed E-state index contributed by atoms with van der Waals surface area (Å²) in [5.41, 5.74) is 6.26. The molecule has 20 heavy (non-hydrogen) atoms. The number of rotatable bonds is 5. The minimum absolute atomic E-state index is 0.0379. The van der Waals surface area contributed by atoms with Crippen molar-refractivity contribution in [3.63, 3.8) is 0 Å². The fourth-order valence-electron chi connectivity index (χ4n) is 2.02. The van der Waals surface area contributed by atoms with Crippen LogP contribution in [0.5, 0.6) is 5.75 Å². The van der Waals surface area contributed by atoms with E-state index in [-0.39, 0.29) is 18.4 Å². The van der Waals surface area contributed by atoms with Crippen LogP contribution in [0, 0.1) is 0 Å². The molecule has 0 spiro atoms. The Morgan fingerprint density at radius 1 is 1.30 bits per heavy atom. The first kappa shape index (κ1) is 14.7. The minimum atomic E-state index is 0.0379. The molecule has 108 valence electrons. The summed E-state index contributed by atoms with van der Waals surface area (Å²) in [6, 6.07) is 7.07. The van der Waals surface area contributed by atoms with E-state index in [0.717, 1.165) is 25.9 Å². The van der Waals surface area contributed by atoms with Crippen LogP contribution >= 0.6 is 11.6 Å². The largest absolute Gasteiger partial charge is 0.484 e. The highest BCUT2D eigenvalue weighted by atomic mass is 35.5. The molecule has 0 aliphatic carbocycles. The molecule has 1 heterocycles. The van der Waals surface area contributed by atoms with Gasteiger partial charge in [0.2, 0.25) is 0 Å². The zero-order valence-electron chi connectivity index (χ0n) is 11.2. The van der Waals surface area contributed by atoms with Gasteiger partial charge in [0.15, 0.2) is 6.61 Å². The van der Waals surface area contributed by atoms with E-state index in [1.54, 1.807) is 24.3 Å². The standard InChI is InChI=1S/C14H18ClN3O2/c15-9-13(16)17-11-3-5-12(6-4-11)20-10-14(19)18-7-1-2-8-18/h3-6H,1-2,7-10H2,(H2,16,17). The molecule has 1 fully saturated rings. The lowest BCUT2D eigenvalue weighted by Crippen LogP contribution is -2.32. The minimum Gasteiger partial charge on any atom is -0.484 e. The van der Waals surface area contributed by atoms with Crippen LogP contribution in [0.3, 0.4) is 0 Å². The second kappa shape index (κ2) is 7.14. The quantitative estimate of drug-likeness (QED) is 0.512. The van der Waals surface area contributed by atoms with Gasteiger partial charge in [-0.15, -0.1) is 11.6 Å². The molecule has 1 amide bonds. The van der Waals surface area contributed by atoms with E-state index in [4.69, 9.17) is 22.1 Å². The van der Waals surface area contributed by atoms with Crippen molar-refractivity contribution in [2.24, 2.45) is 10.7 Å². The van der Waals surface area contributed by atoms with E-state index in [0.29, 0.717) is 17.3 Å². The number of likely N-dealkylation sites (tertiary alicyclic amines) is 1. The number of carbonyl (C=O) groups is 1. The summed E-state index contributed by atoms with van der Waals surface area (Å²) in [5, 5.41) is 0. The van der Waals surface area contributed by atoms with E-state index in [9.17, 15) is 4.79 Å². The fraction of sp³-hybridized carbons (Fsp3) is 0.429. The van der Waals surface area contributed by atoms with E-state index >= 15 is 0 Å². The van der Waals surface area contributed by atoms with Crippen molar-refractivity contribution < 1.29 is 9.53 Å². The van der Waals surface area contributed by atoms with Crippen LogP contribution in [0.4, 0.5) is 5.69 Å². The molecule has 1 aliphatic heterocycles. The lowest BCUT2D eigenvalue weighted by atomic mass is 10.3. The normalized spacial score (nSPS) is 15.4. The van der Waals surface area contributed by atoms with Gasteiger partial charge in [0.1, 0.15) is 11.6 Å². The number of aliphatic imine (C=N–C) groups is 1. The first-order valence-corrected chi connectivity index (χ1v) is 7.12. The maximum atomic E-state index is 11.8. The first-order chi connectivity index (χ1) is 9.69. The van der Waals surface area contributed by atoms with Crippen molar-refractivity contribution in [1.82, 2.24) is 4.90 Å². The van der Waals surface area contributed by atoms with Crippen molar-refractivity contribution in [3.8, 4) is 5.75 Å². The van der Waals surface area contributed by atoms with E-state index in [1.165, 1.54) is 0 Å². The molecule has 0 atom stereocenters. The smallest absolute Gasteiger partial charge is 0.260 e. The molecule has 1 aromatic rings. The van der Waals surface area contributed by atoms with Gasteiger partial charge in [-0.2, -0.15) is 0 Å². The maximum absolute atomic E-state index is 11.8. The zero-order chi connectivity index (χ0) is 14.4. The Morgan fingerprint density at radius 2 is 1.95 bits per heavy atom.